The third-order valence-corrected chi connectivity index (χ3v) is 3.25. The van der Waals surface area contributed by atoms with Crippen LogP contribution >= 0.6 is 0 Å². The zero-order valence-corrected chi connectivity index (χ0v) is 11.2. The van der Waals surface area contributed by atoms with Crippen LogP contribution in [-0.4, -0.2) is 20.0 Å². The summed E-state index contributed by atoms with van der Waals surface area (Å²) in [5.41, 5.74) is 9.93. The van der Waals surface area contributed by atoms with Crippen molar-refractivity contribution >= 4 is 5.82 Å². The SMILES string of the molecule is CCc1ccc(-n2nnc(-c3ccncc3)c2N)cc1. The van der Waals surface area contributed by atoms with Gasteiger partial charge in [-0.15, -0.1) is 5.10 Å². The summed E-state index contributed by atoms with van der Waals surface area (Å²) < 4.78 is 1.65. The molecule has 5 heteroatoms. The average molecular weight is 265 g/mol. The molecule has 0 unspecified atom stereocenters. The van der Waals surface area contributed by atoms with Gasteiger partial charge in [-0.3, -0.25) is 4.98 Å². The van der Waals surface area contributed by atoms with Crippen molar-refractivity contribution in [3.63, 3.8) is 0 Å². The minimum absolute atomic E-state index is 0.528. The van der Waals surface area contributed by atoms with Crippen LogP contribution in [0.5, 0.6) is 0 Å². The number of nitrogen functional groups attached to an aromatic ring is 1. The molecule has 0 amide bonds. The van der Waals surface area contributed by atoms with E-state index in [1.54, 1.807) is 17.1 Å². The average Bonchev–Trinajstić information content (AvgIpc) is 2.90. The molecular weight excluding hydrogens is 250 g/mol. The Labute approximate surface area is 117 Å². The highest BCUT2D eigenvalue weighted by Crippen LogP contribution is 2.24. The van der Waals surface area contributed by atoms with Crippen LogP contribution in [0.25, 0.3) is 16.9 Å². The molecule has 0 aliphatic carbocycles. The number of aromatic nitrogens is 4. The lowest BCUT2D eigenvalue weighted by molar-refractivity contribution is 0.810. The number of rotatable bonds is 3. The Morgan fingerprint density at radius 3 is 2.40 bits per heavy atom. The number of aryl methyl sites for hydroxylation is 1. The van der Waals surface area contributed by atoms with Crippen molar-refractivity contribution in [3.05, 3.63) is 54.4 Å². The van der Waals surface area contributed by atoms with E-state index in [4.69, 9.17) is 5.73 Å². The van der Waals surface area contributed by atoms with Gasteiger partial charge in [-0.05, 0) is 36.2 Å². The normalized spacial score (nSPS) is 10.7. The first-order chi connectivity index (χ1) is 9.79. The maximum atomic E-state index is 6.16. The number of hydrogen-bond acceptors (Lipinski definition) is 4. The van der Waals surface area contributed by atoms with E-state index in [9.17, 15) is 0 Å². The second-order valence-corrected chi connectivity index (χ2v) is 4.49. The smallest absolute Gasteiger partial charge is 0.155 e. The standard InChI is InChI=1S/C15H15N5/c1-2-11-3-5-13(6-4-11)20-15(16)14(18-19-20)12-7-9-17-10-8-12/h3-10H,2,16H2,1H3. The Bertz CT molecular complexity index is 701. The van der Waals surface area contributed by atoms with Gasteiger partial charge in [0.1, 0.15) is 5.69 Å². The Balaban J connectivity index is 2.01. The van der Waals surface area contributed by atoms with E-state index in [2.05, 4.69) is 34.4 Å². The van der Waals surface area contributed by atoms with Crippen molar-refractivity contribution in [1.29, 1.82) is 0 Å². The quantitative estimate of drug-likeness (QED) is 0.789. The van der Waals surface area contributed by atoms with Gasteiger partial charge in [-0.25, -0.2) is 0 Å². The van der Waals surface area contributed by atoms with Crippen molar-refractivity contribution in [2.24, 2.45) is 0 Å². The minimum Gasteiger partial charge on any atom is -0.382 e. The monoisotopic (exact) mass is 265 g/mol. The van der Waals surface area contributed by atoms with E-state index in [0.717, 1.165) is 17.7 Å². The number of nitrogens with zero attached hydrogens (tertiary/aromatic N) is 4. The van der Waals surface area contributed by atoms with Crippen LogP contribution in [0.15, 0.2) is 48.8 Å². The fourth-order valence-corrected chi connectivity index (χ4v) is 2.07. The van der Waals surface area contributed by atoms with Crippen LogP contribution in [0, 0.1) is 0 Å². The molecule has 3 rings (SSSR count). The van der Waals surface area contributed by atoms with Crippen LogP contribution in [0.3, 0.4) is 0 Å². The van der Waals surface area contributed by atoms with Crippen molar-refractivity contribution in [1.82, 2.24) is 20.0 Å². The van der Waals surface area contributed by atoms with Crippen molar-refractivity contribution < 1.29 is 0 Å². The summed E-state index contributed by atoms with van der Waals surface area (Å²) in [5, 5.41) is 8.30. The second-order valence-electron chi connectivity index (χ2n) is 4.49. The molecule has 1 aromatic carbocycles. The van der Waals surface area contributed by atoms with Gasteiger partial charge in [0.05, 0.1) is 5.69 Å². The first kappa shape index (κ1) is 12.3. The molecule has 2 heterocycles. The number of hydrogen-bond donors (Lipinski definition) is 1. The molecule has 0 fully saturated rings. The van der Waals surface area contributed by atoms with Gasteiger partial charge < -0.3 is 5.73 Å². The first-order valence-electron chi connectivity index (χ1n) is 6.50. The molecule has 0 spiro atoms. The molecule has 0 saturated carbocycles. The van der Waals surface area contributed by atoms with Crippen LogP contribution in [0.4, 0.5) is 5.82 Å². The molecule has 100 valence electrons. The molecule has 2 aromatic heterocycles. The largest absolute Gasteiger partial charge is 0.382 e. The Morgan fingerprint density at radius 2 is 1.75 bits per heavy atom. The summed E-state index contributed by atoms with van der Waals surface area (Å²) >= 11 is 0. The number of pyridine rings is 1. The molecule has 20 heavy (non-hydrogen) atoms. The molecule has 3 aromatic rings. The Hall–Kier alpha value is -2.69. The lowest BCUT2D eigenvalue weighted by Crippen LogP contribution is -2.02. The molecule has 5 nitrogen and oxygen atoms in total. The molecule has 0 aliphatic heterocycles. The van der Waals surface area contributed by atoms with E-state index in [1.807, 2.05) is 24.3 Å². The van der Waals surface area contributed by atoms with Crippen LogP contribution < -0.4 is 5.73 Å². The Morgan fingerprint density at radius 1 is 1.05 bits per heavy atom. The van der Waals surface area contributed by atoms with Gasteiger partial charge in [-0.1, -0.05) is 24.3 Å². The minimum atomic E-state index is 0.528. The van der Waals surface area contributed by atoms with E-state index >= 15 is 0 Å². The van der Waals surface area contributed by atoms with Crippen molar-refractivity contribution in [2.75, 3.05) is 5.73 Å². The van der Waals surface area contributed by atoms with E-state index < -0.39 is 0 Å². The molecule has 0 atom stereocenters. The summed E-state index contributed by atoms with van der Waals surface area (Å²) in [7, 11) is 0. The van der Waals surface area contributed by atoms with Crippen LogP contribution in [-0.2, 0) is 6.42 Å². The second kappa shape index (κ2) is 5.13. The van der Waals surface area contributed by atoms with Gasteiger partial charge in [0.2, 0.25) is 0 Å². The number of benzene rings is 1. The Kier molecular flexibility index (Phi) is 3.16. The fraction of sp³-hybridized carbons (Fsp3) is 0.133. The molecule has 0 saturated heterocycles. The highest BCUT2D eigenvalue weighted by molar-refractivity contribution is 5.70. The fourth-order valence-electron chi connectivity index (χ4n) is 2.07. The zero-order chi connectivity index (χ0) is 13.9. The maximum Gasteiger partial charge on any atom is 0.155 e. The van der Waals surface area contributed by atoms with Gasteiger partial charge >= 0.3 is 0 Å². The predicted molar refractivity (Wildman–Crippen MR) is 78.4 cm³/mol. The van der Waals surface area contributed by atoms with Gasteiger partial charge in [0.25, 0.3) is 0 Å². The maximum absolute atomic E-state index is 6.16. The number of anilines is 1. The van der Waals surface area contributed by atoms with E-state index in [0.29, 0.717) is 11.5 Å². The van der Waals surface area contributed by atoms with E-state index in [1.165, 1.54) is 5.56 Å². The summed E-state index contributed by atoms with van der Waals surface area (Å²) in [6, 6.07) is 11.9. The third-order valence-electron chi connectivity index (χ3n) is 3.25. The zero-order valence-electron chi connectivity index (χ0n) is 11.2. The molecule has 0 radical (unpaired) electrons. The van der Waals surface area contributed by atoms with Gasteiger partial charge in [0.15, 0.2) is 5.82 Å². The highest BCUT2D eigenvalue weighted by atomic mass is 15.5. The van der Waals surface area contributed by atoms with Crippen LogP contribution in [0.2, 0.25) is 0 Å². The summed E-state index contributed by atoms with van der Waals surface area (Å²) in [4.78, 5) is 3.99. The topological polar surface area (TPSA) is 69.6 Å². The van der Waals surface area contributed by atoms with Crippen LogP contribution in [0.1, 0.15) is 12.5 Å². The highest BCUT2D eigenvalue weighted by Gasteiger charge is 2.12. The molecular formula is C15H15N5. The summed E-state index contributed by atoms with van der Waals surface area (Å²) in [5.74, 6) is 0.528. The molecule has 2 N–H and O–H groups in total. The van der Waals surface area contributed by atoms with Crippen molar-refractivity contribution in [2.45, 2.75) is 13.3 Å². The van der Waals surface area contributed by atoms with E-state index in [-0.39, 0.29) is 0 Å². The summed E-state index contributed by atoms with van der Waals surface area (Å²) in [6.45, 7) is 2.13. The van der Waals surface area contributed by atoms with Crippen molar-refractivity contribution in [3.8, 4) is 16.9 Å². The first-order valence-corrected chi connectivity index (χ1v) is 6.50. The lowest BCUT2D eigenvalue weighted by Gasteiger charge is -2.04. The predicted octanol–water partition coefficient (Wildman–Crippen LogP) is 2.47. The molecule has 0 bridgehead atoms. The van der Waals surface area contributed by atoms with Gasteiger partial charge in [-0.2, -0.15) is 4.68 Å². The lowest BCUT2D eigenvalue weighted by atomic mass is 10.1. The summed E-state index contributed by atoms with van der Waals surface area (Å²) in [6.07, 6.45) is 4.43. The third kappa shape index (κ3) is 2.14. The van der Waals surface area contributed by atoms with Gasteiger partial charge in [0, 0.05) is 18.0 Å². The molecule has 0 aliphatic rings. The number of nitrogens with two attached hydrogens (primary N) is 1.